The fraction of sp³-hybridized carbons (Fsp3) is 0.167. The average molecular weight is 177 g/mol. The Morgan fingerprint density at radius 3 is 2.73 bits per heavy atom. The highest BCUT2D eigenvalue weighted by molar-refractivity contribution is 5.85. The molecule has 1 aromatic rings. The maximum absolute atomic E-state index is 4.91. The molecule has 0 aliphatic heterocycles. The second-order valence-corrected chi connectivity index (χ2v) is 1.63. The molecule has 0 aromatic carbocycles. The van der Waals surface area contributed by atoms with Crippen LogP contribution in [0.5, 0.6) is 11.6 Å². The summed E-state index contributed by atoms with van der Waals surface area (Å²) in [4.78, 5) is 8.29. The van der Waals surface area contributed by atoms with E-state index in [2.05, 4.69) is 9.82 Å². The van der Waals surface area contributed by atoms with Gasteiger partial charge in [-0.2, -0.15) is 5.90 Å². The van der Waals surface area contributed by atoms with Gasteiger partial charge in [0.05, 0.1) is 7.11 Å². The van der Waals surface area contributed by atoms with Gasteiger partial charge >= 0.3 is 0 Å². The van der Waals surface area contributed by atoms with Crippen LogP contribution in [-0.4, -0.2) is 12.1 Å². The fourth-order valence-corrected chi connectivity index (χ4v) is 0.619. The number of nitrogens with two attached hydrogens (primary N) is 1. The summed E-state index contributed by atoms with van der Waals surface area (Å²) < 4.78 is 4.82. The average Bonchev–Trinajstić information content (AvgIpc) is 2.04. The maximum Gasteiger partial charge on any atom is 0.259 e. The van der Waals surface area contributed by atoms with Crippen molar-refractivity contribution < 1.29 is 9.57 Å². The van der Waals surface area contributed by atoms with Crippen molar-refractivity contribution in [2.75, 3.05) is 7.11 Å². The Hall–Kier alpha value is -1.00. The lowest BCUT2D eigenvalue weighted by Gasteiger charge is -2.02. The van der Waals surface area contributed by atoms with Gasteiger partial charge in [0.1, 0.15) is 0 Å². The lowest BCUT2D eigenvalue weighted by Crippen LogP contribution is -2.03. The zero-order valence-electron chi connectivity index (χ0n) is 5.98. The molecule has 1 aromatic heterocycles. The van der Waals surface area contributed by atoms with E-state index in [1.54, 1.807) is 18.3 Å². The lowest BCUT2D eigenvalue weighted by atomic mass is 10.4. The molecule has 62 valence electrons. The van der Waals surface area contributed by atoms with Gasteiger partial charge in [0.2, 0.25) is 5.75 Å². The summed E-state index contributed by atoms with van der Waals surface area (Å²) in [6, 6.07) is 3.39. The number of hydrogen-bond donors (Lipinski definition) is 1. The van der Waals surface area contributed by atoms with Crippen LogP contribution in [0.3, 0.4) is 0 Å². The maximum atomic E-state index is 4.91. The number of nitrogens with zero attached hydrogens (tertiary/aromatic N) is 1. The standard InChI is InChI=1S/C6H8N2O2.ClH/c1-9-6-5(10-7)3-2-4-8-6;/h2-4H,7H2,1H3;1H. The van der Waals surface area contributed by atoms with Crippen LogP contribution in [0, 0.1) is 0 Å². The molecular formula is C6H9ClN2O2. The Labute approximate surface area is 70.7 Å². The van der Waals surface area contributed by atoms with Crippen LogP contribution in [0.4, 0.5) is 0 Å². The topological polar surface area (TPSA) is 57.4 Å². The van der Waals surface area contributed by atoms with E-state index in [1.807, 2.05) is 0 Å². The third kappa shape index (κ3) is 2.25. The van der Waals surface area contributed by atoms with Gasteiger partial charge < -0.3 is 9.57 Å². The van der Waals surface area contributed by atoms with Gasteiger partial charge in [-0.15, -0.1) is 12.4 Å². The summed E-state index contributed by atoms with van der Waals surface area (Å²) in [6.07, 6.45) is 1.60. The minimum Gasteiger partial charge on any atom is -0.478 e. The number of halogens is 1. The van der Waals surface area contributed by atoms with E-state index in [9.17, 15) is 0 Å². The largest absolute Gasteiger partial charge is 0.478 e. The molecule has 1 heterocycles. The summed E-state index contributed by atoms with van der Waals surface area (Å²) >= 11 is 0. The molecule has 5 heteroatoms. The molecule has 0 radical (unpaired) electrons. The van der Waals surface area contributed by atoms with E-state index in [-0.39, 0.29) is 12.4 Å². The van der Waals surface area contributed by atoms with Crippen LogP contribution < -0.4 is 15.5 Å². The number of rotatable bonds is 2. The smallest absolute Gasteiger partial charge is 0.259 e. The predicted molar refractivity (Wildman–Crippen MR) is 42.9 cm³/mol. The van der Waals surface area contributed by atoms with Crippen molar-refractivity contribution >= 4 is 12.4 Å². The third-order valence-corrected chi connectivity index (χ3v) is 1.06. The van der Waals surface area contributed by atoms with E-state index in [1.165, 1.54) is 7.11 Å². The molecule has 0 atom stereocenters. The number of hydrogen-bond acceptors (Lipinski definition) is 4. The number of pyridine rings is 1. The molecule has 0 fully saturated rings. The quantitative estimate of drug-likeness (QED) is 0.677. The van der Waals surface area contributed by atoms with Crippen molar-refractivity contribution in [1.82, 2.24) is 4.98 Å². The molecule has 0 saturated carbocycles. The zero-order chi connectivity index (χ0) is 7.40. The summed E-state index contributed by atoms with van der Waals surface area (Å²) in [5.41, 5.74) is 0. The van der Waals surface area contributed by atoms with Crippen LogP contribution in [0.2, 0.25) is 0 Å². The summed E-state index contributed by atoms with van der Waals surface area (Å²) in [5.74, 6) is 5.73. The van der Waals surface area contributed by atoms with Crippen molar-refractivity contribution in [1.29, 1.82) is 0 Å². The fourth-order valence-electron chi connectivity index (χ4n) is 0.619. The molecule has 11 heavy (non-hydrogen) atoms. The van der Waals surface area contributed by atoms with Crippen LogP contribution in [0.25, 0.3) is 0 Å². The molecule has 0 aliphatic carbocycles. The summed E-state index contributed by atoms with van der Waals surface area (Å²) in [5, 5.41) is 0. The van der Waals surface area contributed by atoms with Gasteiger partial charge in [-0.1, -0.05) is 0 Å². The van der Waals surface area contributed by atoms with Crippen LogP contribution >= 0.6 is 12.4 Å². The first kappa shape index (κ1) is 10.0. The van der Waals surface area contributed by atoms with Gasteiger partial charge in [-0.25, -0.2) is 4.98 Å². The number of methoxy groups -OCH3 is 1. The van der Waals surface area contributed by atoms with Crippen molar-refractivity contribution in [3.05, 3.63) is 18.3 Å². The van der Waals surface area contributed by atoms with E-state index in [0.29, 0.717) is 11.6 Å². The summed E-state index contributed by atoms with van der Waals surface area (Å²) in [6.45, 7) is 0. The Kier molecular flexibility index (Phi) is 4.33. The highest BCUT2D eigenvalue weighted by atomic mass is 35.5. The Morgan fingerprint density at radius 1 is 1.55 bits per heavy atom. The van der Waals surface area contributed by atoms with E-state index >= 15 is 0 Å². The van der Waals surface area contributed by atoms with E-state index in [4.69, 9.17) is 10.6 Å². The predicted octanol–water partition coefficient (Wildman–Crippen LogP) is 0.764. The first-order valence-electron chi connectivity index (χ1n) is 2.74. The molecular weight excluding hydrogens is 168 g/mol. The second-order valence-electron chi connectivity index (χ2n) is 1.63. The van der Waals surface area contributed by atoms with Gasteiger partial charge in [0.15, 0.2) is 0 Å². The van der Waals surface area contributed by atoms with Crippen molar-refractivity contribution in [2.24, 2.45) is 5.90 Å². The Morgan fingerprint density at radius 2 is 2.27 bits per heavy atom. The highest BCUT2D eigenvalue weighted by Gasteiger charge is 2.00. The first-order chi connectivity index (χ1) is 4.88. The number of ether oxygens (including phenoxy) is 1. The Balaban J connectivity index is 0.000001000. The molecule has 0 saturated heterocycles. The molecule has 4 nitrogen and oxygen atoms in total. The SMILES string of the molecule is COc1ncccc1ON.Cl. The van der Waals surface area contributed by atoms with Crippen LogP contribution in [0.15, 0.2) is 18.3 Å². The monoisotopic (exact) mass is 176 g/mol. The van der Waals surface area contributed by atoms with Crippen LogP contribution in [-0.2, 0) is 0 Å². The highest BCUT2D eigenvalue weighted by Crippen LogP contribution is 2.20. The van der Waals surface area contributed by atoms with Gasteiger partial charge in [0.25, 0.3) is 5.88 Å². The third-order valence-electron chi connectivity index (χ3n) is 1.06. The Bertz CT molecular complexity index is 196. The molecule has 0 bridgehead atoms. The number of aromatic nitrogens is 1. The van der Waals surface area contributed by atoms with Crippen molar-refractivity contribution in [2.45, 2.75) is 0 Å². The van der Waals surface area contributed by atoms with Gasteiger partial charge in [0, 0.05) is 6.20 Å². The second kappa shape index (κ2) is 4.76. The van der Waals surface area contributed by atoms with Gasteiger partial charge in [-0.3, -0.25) is 0 Å². The molecule has 0 spiro atoms. The molecule has 2 N–H and O–H groups in total. The van der Waals surface area contributed by atoms with Crippen molar-refractivity contribution in [3.63, 3.8) is 0 Å². The summed E-state index contributed by atoms with van der Waals surface area (Å²) in [7, 11) is 1.50. The van der Waals surface area contributed by atoms with E-state index in [0.717, 1.165) is 0 Å². The molecule has 0 amide bonds. The minimum absolute atomic E-state index is 0. The lowest BCUT2D eigenvalue weighted by molar-refractivity contribution is 0.299. The van der Waals surface area contributed by atoms with Crippen LogP contribution in [0.1, 0.15) is 0 Å². The van der Waals surface area contributed by atoms with Crippen molar-refractivity contribution in [3.8, 4) is 11.6 Å². The molecule has 0 aliphatic rings. The zero-order valence-corrected chi connectivity index (χ0v) is 6.80. The van der Waals surface area contributed by atoms with Gasteiger partial charge in [-0.05, 0) is 12.1 Å². The molecule has 1 rings (SSSR count). The normalized spacial score (nSPS) is 8.18. The molecule has 0 unspecified atom stereocenters. The first-order valence-corrected chi connectivity index (χ1v) is 2.74. The minimum atomic E-state index is 0. The van der Waals surface area contributed by atoms with E-state index < -0.39 is 0 Å².